The van der Waals surface area contributed by atoms with E-state index in [9.17, 15) is 9.59 Å². The molecule has 1 heterocycles. The number of nitriles is 1. The molecule has 1 aromatic carbocycles. The number of benzene rings is 1. The van der Waals surface area contributed by atoms with Gasteiger partial charge in [0.2, 0.25) is 0 Å². The van der Waals surface area contributed by atoms with E-state index < -0.39 is 18.5 Å². The molecule has 24 heavy (non-hydrogen) atoms. The molecular weight excluding hydrogens is 334 g/mol. The minimum atomic E-state index is -0.551. The van der Waals surface area contributed by atoms with Crippen LogP contribution in [-0.2, 0) is 9.53 Å². The molecule has 1 aromatic heterocycles. The first kappa shape index (κ1) is 19.1. The van der Waals surface area contributed by atoms with Crippen molar-refractivity contribution < 1.29 is 19.4 Å². The Kier molecular flexibility index (Phi) is 7.91. The Bertz CT molecular complexity index is 742. The van der Waals surface area contributed by atoms with E-state index >= 15 is 0 Å². The number of amides is 1. The van der Waals surface area contributed by atoms with Gasteiger partial charge in [-0.05, 0) is 24.3 Å². The van der Waals surface area contributed by atoms with Crippen molar-refractivity contribution in [2.24, 2.45) is 0 Å². The molecule has 0 atom stereocenters. The van der Waals surface area contributed by atoms with Gasteiger partial charge in [0, 0.05) is 6.20 Å². The molecule has 0 unspecified atom stereocenters. The molecule has 2 N–H and O–H groups in total. The number of halogens is 1. The smallest absolute Gasteiger partial charge is 0.339 e. The van der Waals surface area contributed by atoms with E-state index in [1.54, 1.807) is 36.4 Å². The molecule has 0 fully saturated rings. The molecule has 8 heteroatoms. The fraction of sp³-hybridized carbons (Fsp3) is 0.125. The molecule has 0 aliphatic carbocycles. The molecule has 0 aliphatic heterocycles. The van der Waals surface area contributed by atoms with Gasteiger partial charge >= 0.3 is 5.97 Å². The predicted octanol–water partition coefficient (Wildman–Crippen LogP) is 2.01. The quantitative estimate of drug-likeness (QED) is 0.821. The monoisotopic (exact) mass is 347 g/mol. The number of methoxy groups -OCH3 is 1. The molecule has 0 aliphatic rings. The Morgan fingerprint density at radius 1 is 1.33 bits per heavy atom. The van der Waals surface area contributed by atoms with E-state index in [0.717, 1.165) is 0 Å². The molecule has 2 rings (SSSR count). The van der Waals surface area contributed by atoms with Crippen LogP contribution in [0.15, 0.2) is 42.6 Å². The van der Waals surface area contributed by atoms with Crippen molar-refractivity contribution in [3.05, 3.63) is 58.7 Å². The van der Waals surface area contributed by atoms with Gasteiger partial charge in [-0.2, -0.15) is 5.26 Å². The van der Waals surface area contributed by atoms with Gasteiger partial charge in [-0.1, -0.05) is 23.7 Å². The number of aliphatic hydroxyl groups excluding tert-OH is 1. The number of esters is 1. The number of aliphatic hydroxyl groups is 1. The molecule has 0 bridgehead atoms. The summed E-state index contributed by atoms with van der Waals surface area (Å²) in [5.41, 5.74) is 0.645. The summed E-state index contributed by atoms with van der Waals surface area (Å²) in [4.78, 5) is 25.4. The van der Waals surface area contributed by atoms with Gasteiger partial charge in [0.25, 0.3) is 5.91 Å². The normalized spacial score (nSPS) is 9.08. The number of aromatic nitrogens is 1. The van der Waals surface area contributed by atoms with E-state index in [1.165, 1.54) is 13.3 Å². The second-order valence-electron chi connectivity index (χ2n) is 4.22. The third-order valence-electron chi connectivity index (χ3n) is 2.59. The van der Waals surface area contributed by atoms with E-state index in [0.29, 0.717) is 22.0 Å². The van der Waals surface area contributed by atoms with Crippen LogP contribution in [0, 0.1) is 11.3 Å². The number of anilines is 1. The van der Waals surface area contributed by atoms with Crippen LogP contribution in [0.4, 0.5) is 5.82 Å². The Hall–Kier alpha value is -2.95. The molecule has 2 aromatic rings. The minimum absolute atomic E-state index is 0.308. The van der Waals surface area contributed by atoms with Crippen molar-refractivity contribution in [2.45, 2.75) is 0 Å². The number of rotatable bonds is 3. The Morgan fingerprint density at radius 3 is 2.58 bits per heavy atom. The highest BCUT2D eigenvalue weighted by atomic mass is 35.5. The number of hydrogen-bond acceptors (Lipinski definition) is 6. The lowest BCUT2D eigenvalue weighted by molar-refractivity contribution is -0.118. The van der Waals surface area contributed by atoms with Crippen molar-refractivity contribution in [1.82, 2.24) is 4.98 Å². The molecule has 0 radical (unpaired) electrons. The first-order valence-corrected chi connectivity index (χ1v) is 6.99. The first-order chi connectivity index (χ1) is 11.5. The SMILES string of the molecule is COC(=O)c1ccccc1C#N.O=C(CO)Nc1ccc(Cl)cn1. The highest BCUT2D eigenvalue weighted by Crippen LogP contribution is 2.09. The number of carbonyl (C=O) groups excluding carboxylic acids is 2. The fourth-order valence-electron chi connectivity index (χ4n) is 1.50. The van der Waals surface area contributed by atoms with Gasteiger partial charge in [-0.25, -0.2) is 9.78 Å². The molecule has 0 spiro atoms. The lowest BCUT2D eigenvalue weighted by Crippen LogP contribution is -2.16. The van der Waals surface area contributed by atoms with Gasteiger partial charge in [0.15, 0.2) is 0 Å². The lowest BCUT2D eigenvalue weighted by atomic mass is 10.1. The van der Waals surface area contributed by atoms with Crippen LogP contribution >= 0.6 is 11.6 Å². The number of nitrogens with one attached hydrogen (secondary N) is 1. The molecule has 0 saturated heterocycles. The van der Waals surface area contributed by atoms with Crippen LogP contribution in [0.3, 0.4) is 0 Å². The Balaban J connectivity index is 0.000000240. The Morgan fingerprint density at radius 2 is 2.04 bits per heavy atom. The van der Waals surface area contributed by atoms with Crippen LogP contribution in [0.5, 0.6) is 0 Å². The summed E-state index contributed by atoms with van der Waals surface area (Å²) in [6, 6.07) is 11.6. The maximum absolute atomic E-state index is 11.0. The second kappa shape index (κ2) is 9.94. The van der Waals surface area contributed by atoms with Crippen molar-refractivity contribution in [3.8, 4) is 6.07 Å². The number of hydrogen-bond donors (Lipinski definition) is 2. The molecule has 7 nitrogen and oxygen atoms in total. The van der Waals surface area contributed by atoms with E-state index in [-0.39, 0.29) is 0 Å². The maximum atomic E-state index is 11.0. The van der Waals surface area contributed by atoms with E-state index in [1.807, 2.05) is 6.07 Å². The van der Waals surface area contributed by atoms with Crippen molar-refractivity contribution in [2.75, 3.05) is 19.0 Å². The number of nitrogens with zero attached hydrogens (tertiary/aromatic N) is 2. The van der Waals surface area contributed by atoms with Crippen LogP contribution in [0.25, 0.3) is 0 Å². The van der Waals surface area contributed by atoms with Gasteiger partial charge < -0.3 is 15.2 Å². The van der Waals surface area contributed by atoms with Crippen LogP contribution in [0.2, 0.25) is 5.02 Å². The van der Waals surface area contributed by atoms with E-state index in [2.05, 4.69) is 15.0 Å². The number of carbonyl (C=O) groups is 2. The summed E-state index contributed by atoms with van der Waals surface area (Å²) in [6.07, 6.45) is 1.41. The zero-order chi connectivity index (χ0) is 17.9. The first-order valence-electron chi connectivity index (χ1n) is 6.61. The summed E-state index contributed by atoms with van der Waals surface area (Å²) in [5.74, 6) is -0.601. The molecule has 124 valence electrons. The number of pyridine rings is 1. The summed E-state index contributed by atoms with van der Waals surface area (Å²) in [6.45, 7) is -0.551. The second-order valence-corrected chi connectivity index (χ2v) is 4.65. The van der Waals surface area contributed by atoms with Gasteiger partial charge in [-0.15, -0.1) is 0 Å². The highest BCUT2D eigenvalue weighted by molar-refractivity contribution is 6.30. The highest BCUT2D eigenvalue weighted by Gasteiger charge is 2.09. The average molecular weight is 348 g/mol. The van der Waals surface area contributed by atoms with Crippen molar-refractivity contribution in [3.63, 3.8) is 0 Å². The molecule has 1 amide bonds. The lowest BCUT2D eigenvalue weighted by Gasteiger charge is -2.00. The van der Waals surface area contributed by atoms with Crippen LogP contribution < -0.4 is 5.32 Å². The average Bonchev–Trinajstić information content (AvgIpc) is 2.63. The standard InChI is InChI=1S/C9H7NO2.C7H7ClN2O2/c1-12-9(11)8-5-3-2-4-7(8)6-10;8-5-1-2-6(9-3-5)10-7(12)4-11/h2-5H,1H3;1-3,11H,4H2,(H,9,10,12). The third-order valence-corrected chi connectivity index (χ3v) is 2.81. The zero-order valence-electron chi connectivity index (χ0n) is 12.7. The van der Waals surface area contributed by atoms with Crippen LogP contribution in [-0.4, -0.2) is 35.7 Å². The topological polar surface area (TPSA) is 112 Å². The zero-order valence-corrected chi connectivity index (χ0v) is 13.4. The van der Waals surface area contributed by atoms with Gasteiger partial charge in [-0.3, -0.25) is 4.79 Å². The molecular formula is C16H14ClN3O4. The third kappa shape index (κ3) is 6.04. The fourth-order valence-corrected chi connectivity index (χ4v) is 1.61. The van der Waals surface area contributed by atoms with E-state index in [4.69, 9.17) is 22.0 Å². The van der Waals surface area contributed by atoms with Crippen molar-refractivity contribution in [1.29, 1.82) is 5.26 Å². The van der Waals surface area contributed by atoms with Gasteiger partial charge in [0.1, 0.15) is 18.5 Å². The summed E-state index contributed by atoms with van der Waals surface area (Å²) >= 11 is 5.56. The van der Waals surface area contributed by atoms with Crippen LogP contribution in [0.1, 0.15) is 15.9 Å². The minimum Gasteiger partial charge on any atom is -0.465 e. The summed E-state index contributed by atoms with van der Waals surface area (Å²) in [5, 5.41) is 19.8. The Labute approximate surface area is 143 Å². The molecule has 0 saturated carbocycles. The largest absolute Gasteiger partial charge is 0.465 e. The van der Waals surface area contributed by atoms with Gasteiger partial charge in [0.05, 0.1) is 23.3 Å². The summed E-state index contributed by atoms with van der Waals surface area (Å²) < 4.78 is 4.49. The summed E-state index contributed by atoms with van der Waals surface area (Å²) in [7, 11) is 1.29. The number of ether oxygens (including phenoxy) is 1. The predicted molar refractivity (Wildman–Crippen MR) is 87.5 cm³/mol. The van der Waals surface area contributed by atoms with Crippen molar-refractivity contribution >= 4 is 29.3 Å². The maximum Gasteiger partial charge on any atom is 0.339 e.